The molecule has 2 heterocycles. The molecule has 35 heavy (non-hydrogen) atoms. The second-order valence-corrected chi connectivity index (χ2v) is 9.49. The first-order chi connectivity index (χ1) is 17.1. The molecule has 180 valence electrons. The number of carbonyl (C=O) groups excluding carboxylic acids is 1. The van der Waals surface area contributed by atoms with Crippen LogP contribution in [0.4, 0.5) is 5.69 Å². The monoisotopic (exact) mass is 487 g/mol. The summed E-state index contributed by atoms with van der Waals surface area (Å²) in [6.45, 7) is 4.29. The smallest absolute Gasteiger partial charge is 0.227 e. The van der Waals surface area contributed by atoms with E-state index in [4.69, 9.17) is 21.3 Å². The Morgan fingerprint density at radius 3 is 2.66 bits per heavy atom. The molecule has 1 aromatic heterocycles. The lowest BCUT2D eigenvalue weighted by Crippen LogP contribution is -2.24. The maximum Gasteiger partial charge on any atom is 0.227 e. The predicted octanol–water partition coefficient (Wildman–Crippen LogP) is 6.63. The Labute approximate surface area is 211 Å². The number of carbonyl (C=O) groups is 1. The molecule has 0 bridgehead atoms. The number of imidazole rings is 1. The van der Waals surface area contributed by atoms with E-state index in [1.165, 1.54) is 5.56 Å². The minimum absolute atomic E-state index is 0.0437. The number of anilines is 1. The highest BCUT2D eigenvalue weighted by molar-refractivity contribution is 6.30. The number of rotatable bonds is 9. The van der Waals surface area contributed by atoms with Crippen molar-refractivity contribution in [3.05, 3.63) is 89.2 Å². The molecule has 4 aromatic rings. The van der Waals surface area contributed by atoms with Crippen molar-refractivity contribution >= 4 is 34.2 Å². The number of benzene rings is 3. The van der Waals surface area contributed by atoms with Crippen molar-refractivity contribution in [2.45, 2.75) is 45.1 Å². The van der Waals surface area contributed by atoms with Gasteiger partial charge in [-0.15, -0.1) is 0 Å². The summed E-state index contributed by atoms with van der Waals surface area (Å²) >= 11 is 6.17. The molecule has 0 aliphatic carbocycles. The summed E-state index contributed by atoms with van der Waals surface area (Å²) in [6.07, 6.45) is 3.40. The number of aromatic nitrogens is 2. The molecule has 1 aliphatic rings. The van der Waals surface area contributed by atoms with E-state index in [1.807, 2.05) is 59.5 Å². The van der Waals surface area contributed by atoms with Crippen molar-refractivity contribution in [2.75, 3.05) is 18.1 Å². The number of ether oxygens (including phenoxy) is 1. The fourth-order valence-corrected chi connectivity index (χ4v) is 4.98. The summed E-state index contributed by atoms with van der Waals surface area (Å²) in [7, 11) is 0. The van der Waals surface area contributed by atoms with Crippen LogP contribution in [-0.4, -0.2) is 28.6 Å². The lowest BCUT2D eigenvalue weighted by atomic mass is 10.1. The number of hydrogen-bond donors (Lipinski definition) is 0. The molecule has 1 amide bonds. The number of fused-ring (bicyclic) bond motifs is 1. The predicted molar refractivity (Wildman–Crippen MR) is 141 cm³/mol. The van der Waals surface area contributed by atoms with E-state index in [0.29, 0.717) is 24.6 Å². The summed E-state index contributed by atoms with van der Waals surface area (Å²) in [5.74, 6) is 2.06. The first-order valence-electron chi connectivity index (χ1n) is 12.3. The summed E-state index contributed by atoms with van der Waals surface area (Å²) in [6, 6.07) is 24.0. The first-order valence-corrected chi connectivity index (χ1v) is 12.7. The fraction of sp³-hybridized carbons (Fsp3) is 0.310. The Morgan fingerprint density at radius 1 is 1.03 bits per heavy atom. The molecule has 5 nitrogen and oxygen atoms in total. The number of para-hydroxylation sites is 2. The maximum absolute atomic E-state index is 12.9. The molecular formula is C29H30ClN3O2. The van der Waals surface area contributed by atoms with Crippen molar-refractivity contribution < 1.29 is 9.53 Å². The second-order valence-electron chi connectivity index (χ2n) is 9.05. The number of unbranched alkanes of at least 4 members (excludes halogenated alkanes) is 1. The minimum atomic E-state index is 0.0437. The third-order valence-electron chi connectivity index (χ3n) is 6.67. The van der Waals surface area contributed by atoms with Gasteiger partial charge >= 0.3 is 0 Å². The molecule has 1 fully saturated rings. The number of aryl methyl sites for hydroxylation is 2. The van der Waals surface area contributed by atoms with Crippen LogP contribution in [0, 0.1) is 0 Å². The fourth-order valence-electron chi connectivity index (χ4n) is 4.80. The van der Waals surface area contributed by atoms with E-state index in [-0.39, 0.29) is 11.8 Å². The Balaban J connectivity index is 1.27. The van der Waals surface area contributed by atoms with Gasteiger partial charge in [0, 0.05) is 36.1 Å². The van der Waals surface area contributed by atoms with Crippen LogP contribution in [-0.2, 0) is 17.8 Å². The van der Waals surface area contributed by atoms with Crippen LogP contribution in [0.15, 0.2) is 72.8 Å². The molecule has 1 unspecified atom stereocenters. The van der Waals surface area contributed by atoms with Gasteiger partial charge in [0.2, 0.25) is 5.91 Å². The van der Waals surface area contributed by atoms with Crippen LogP contribution in [0.1, 0.15) is 43.5 Å². The quantitative estimate of drug-likeness (QED) is 0.249. The average molecular weight is 488 g/mol. The zero-order valence-electron chi connectivity index (χ0n) is 20.0. The van der Waals surface area contributed by atoms with Crippen LogP contribution in [0.5, 0.6) is 5.75 Å². The third-order valence-corrected chi connectivity index (χ3v) is 6.91. The highest BCUT2D eigenvalue weighted by Crippen LogP contribution is 2.34. The van der Waals surface area contributed by atoms with Gasteiger partial charge in [0.15, 0.2) is 0 Å². The lowest BCUT2D eigenvalue weighted by molar-refractivity contribution is -0.117. The Morgan fingerprint density at radius 2 is 1.86 bits per heavy atom. The maximum atomic E-state index is 12.9. The zero-order chi connectivity index (χ0) is 24.2. The normalized spacial score (nSPS) is 15.8. The van der Waals surface area contributed by atoms with Crippen LogP contribution in [0.3, 0.4) is 0 Å². The standard InChI is InChI=1S/C29H30ClN3O2/c1-2-21-12-14-25(15-13-21)35-17-6-5-16-32-27-11-4-3-10-26(27)31-29(32)22-18-28(34)33(20-22)24-9-7-8-23(30)19-24/h3-4,7-15,19,22H,2,5-6,16-18,20H2,1H3. The van der Waals surface area contributed by atoms with Crippen LogP contribution in [0.25, 0.3) is 11.0 Å². The molecule has 1 aliphatic heterocycles. The Kier molecular flexibility index (Phi) is 7.05. The third kappa shape index (κ3) is 5.20. The zero-order valence-corrected chi connectivity index (χ0v) is 20.7. The van der Waals surface area contributed by atoms with E-state index >= 15 is 0 Å². The lowest BCUT2D eigenvalue weighted by Gasteiger charge is -2.18. The van der Waals surface area contributed by atoms with Crippen LogP contribution in [0.2, 0.25) is 5.02 Å². The number of hydrogen-bond acceptors (Lipinski definition) is 3. The van der Waals surface area contributed by atoms with Gasteiger partial charge in [-0.1, -0.05) is 48.9 Å². The summed E-state index contributed by atoms with van der Waals surface area (Å²) in [5, 5.41) is 0.634. The Hall–Kier alpha value is -3.31. The molecular weight excluding hydrogens is 458 g/mol. The molecule has 5 rings (SSSR count). The van der Waals surface area contributed by atoms with Gasteiger partial charge < -0.3 is 14.2 Å². The molecule has 0 N–H and O–H groups in total. The van der Waals surface area contributed by atoms with E-state index in [1.54, 1.807) is 0 Å². The summed E-state index contributed by atoms with van der Waals surface area (Å²) < 4.78 is 8.24. The topological polar surface area (TPSA) is 47.4 Å². The summed E-state index contributed by atoms with van der Waals surface area (Å²) in [4.78, 5) is 19.7. The molecule has 3 aromatic carbocycles. The van der Waals surface area contributed by atoms with E-state index in [9.17, 15) is 4.79 Å². The van der Waals surface area contributed by atoms with Gasteiger partial charge in [-0.3, -0.25) is 4.79 Å². The molecule has 0 radical (unpaired) electrons. The summed E-state index contributed by atoms with van der Waals surface area (Å²) in [5.41, 5.74) is 4.25. The number of amides is 1. The van der Waals surface area contributed by atoms with Crippen molar-refractivity contribution in [3.63, 3.8) is 0 Å². The highest BCUT2D eigenvalue weighted by Gasteiger charge is 2.34. The van der Waals surface area contributed by atoms with Crippen molar-refractivity contribution in [2.24, 2.45) is 0 Å². The van der Waals surface area contributed by atoms with Gasteiger partial charge in [0.05, 0.1) is 17.6 Å². The molecule has 0 spiro atoms. The van der Waals surface area contributed by atoms with E-state index < -0.39 is 0 Å². The van der Waals surface area contributed by atoms with Gasteiger partial charge in [0.1, 0.15) is 11.6 Å². The minimum Gasteiger partial charge on any atom is -0.494 e. The largest absolute Gasteiger partial charge is 0.494 e. The van der Waals surface area contributed by atoms with E-state index in [0.717, 1.165) is 54.1 Å². The number of nitrogens with zero attached hydrogens (tertiary/aromatic N) is 3. The molecule has 1 atom stereocenters. The van der Waals surface area contributed by atoms with Gasteiger partial charge in [0.25, 0.3) is 0 Å². The van der Waals surface area contributed by atoms with Crippen molar-refractivity contribution in [1.82, 2.24) is 9.55 Å². The van der Waals surface area contributed by atoms with Crippen LogP contribution < -0.4 is 9.64 Å². The number of halogens is 1. The molecule has 6 heteroatoms. The van der Waals surface area contributed by atoms with E-state index in [2.05, 4.69) is 29.7 Å². The Bertz CT molecular complexity index is 1320. The molecule has 1 saturated heterocycles. The second kappa shape index (κ2) is 10.5. The first kappa shape index (κ1) is 23.4. The van der Waals surface area contributed by atoms with Crippen LogP contribution >= 0.6 is 11.6 Å². The highest BCUT2D eigenvalue weighted by atomic mass is 35.5. The van der Waals surface area contributed by atoms with Gasteiger partial charge in [-0.05, 0) is 67.3 Å². The van der Waals surface area contributed by atoms with Gasteiger partial charge in [-0.25, -0.2) is 4.98 Å². The van der Waals surface area contributed by atoms with Gasteiger partial charge in [-0.2, -0.15) is 0 Å². The van der Waals surface area contributed by atoms with Crippen molar-refractivity contribution in [1.29, 1.82) is 0 Å². The molecule has 0 saturated carbocycles. The van der Waals surface area contributed by atoms with Crippen molar-refractivity contribution in [3.8, 4) is 5.75 Å². The average Bonchev–Trinajstić information content (AvgIpc) is 3.44. The SMILES string of the molecule is CCc1ccc(OCCCCn2c(C3CC(=O)N(c4cccc(Cl)c4)C3)nc3ccccc32)cc1.